The van der Waals surface area contributed by atoms with E-state index in [4.69, 9.17) is 10.2 Å². The van der Waals surface area contributed by atoms with Crippen molar-refractivity contribution in [2.75, 3.05) is 7.11 Å². The van der Waals surface area contributed by atoms with Crippen LogP contribution in [0.4, 0.5) is 0 Å². The Bertz CT molecular complexity index is 542. The highest BCUT2D eigenvalue weighted by Crippen LogP contribution is 2.16. The Labute approximate surface area is 176 Å². The summed E-state index contributed by atoms with van der Waals surface area (Å²) in [5, 5.41) is 17.6. The SMILES string of the molecule is CCCCCCCCCCCCCCCC(=O)O.COC(=O)c1ccccc1O. The van der Waals surface area contributed by atoms with Crippen LogP contribution in [0.1, 0.15) is 107 Å². The molecule has 0 aliphatic heterocycles. The number of carbonyl (C=O) groups excluding carboxylic acids is 1. The molecule has 0 radical (unpaired) electrons. The fourth-order valence-electron chi connectivity index (χ4n) is 3.05. The molecule has 0 unspecified atom stereocenters. The number of phenols is 1. The van der Waals surface area contributed by atoms with Gasteiger partial charge in [-0.1, -0.05) is 96.1 Å². The second-order valence-electron chi connectivity index (χ2n) is 7.40. The first-order chi connectivity index (χ1) is 14.0. The van der Waals surface area contributed by atoms with Gasteiger partial charge >= 0.3 is 11.9 Å². The highest BCUT2D eigenvalue weighted by molar-refractivity contribution is 5.92. The van der Waals surface area contributed by atoms with Crippen molar-refractivity contribution in [3.8, 4) is 5.75 Å². The van der Waals surface area contributed by atoms with Gasteiger partial charge in [0.2, 0.25) is 0 Å². The van der Waals surface area contributed by atoms with Crippen molar-refractivity contribution < 1.29 is 24.5 Å². The number of carboxylic acids is 1. The predicted octanol–water partition coefficient (Wildman–Crippen LogP) is 6.73. The van der Waals surface area contributed by atoms with E-state index >= 15 is 0 Å². The highest BCUT2D eigenvalue weighted by atomic mass is 16.5. The van der Waals surface area contributed by atoms with Gasteiger partial charge in [-0.3, -0.25) is 4.79 Å². The number of benzene rings is 1. The number of carbonyl (C=O) groups is 2. The molecule has 0 atom stereocenters. The number of methoxy groups -OCH3 is 1. The van der Waals surface area contributed by atoms with Gasteiger partial charge in [-0.2, -0.15) is 0 Å². The minimum absolute atomic E-state index is 0.0562. The summed E-state index contributed by atoms with van der Waals surface area (Å²) in [5.41, 5.74) is 0.190. The first-order valence-corrected chi connectivity index (χ1v) is 11.1. The van der Waals surface area contributed by atoms with Gasteiger partial charge in [0.05, 0.1) is 7.11 Å². The second-order valence-corrected chi connectivity index (χ2v) is 7.40. The summed E-state index contributed by atoms with van der Waals surface area (Å²) in [5.74, 6) is -1.24. The molecule has 0 amide bonds. The van der Waals surface area contributed by atoms with E-state index in [1.54, 1.807) is 12.1 Å². The molecule has 0 aliphatic rings. The van der Waals surface area contributed by atoms with Crippen LogP contribution < -0.4 is 0 Å². The van der Waals surface area contributed by atoms with E-state index in [9.17, 15) is 9.59 Å². The van der Waals surface area contributed by atoms with E-state index in [2.05, 4.69) is 11.7 Å². The quantitative estimate of drug-likeness (QED) is 0.248. The van der Waals surface area contributed by atoms with E-state index in [1.165, 1.54) is 89.9 Å². The number of phenolic OH excluding ortho intramolecular Hbond substituents is 1. The molecule has 0 saturated carbocycles. The lowest BCUT2D eigenvalue weighted by Gasteiger charge is -2.02. The van der Waals surface area contributed by atoms with Crippen LogP contribution in [0.15, 0.2) is 24.3 Å². The average Bonchev–Trinajstić information content (AvgIpc) is 2.71. The second kappa shape index (κ2) is 19.3. The summed E-state index contributed by atoms with van der Waals surface area (Å²) in [6.07, 6.45) is 17.3. The van der Waals surface area contributed by atoms with Crippen molar-refractivity contribution in [1.82, 2.24) is 0 Å². The number of aliphatic carboxylic acids is 1. The van der Waals surface area contributed by atoms with Crippen LogP contribution in [0.2, 0.25) is 0 Å². The lowest BCUT2D eigenvalue weighted by atomic mass is 10.0. The van der Waals surface area contributed by atoms with E-state index in [0.29, 0.717) is 6.42 Å². The summed E-state index contributed by atoms with van der Waals surface area (Å²) >= 11 is 0. The van der Waals surface area contributed by atoms with Gasteiger partial charge in [-0.05, 0) is 18.6 Å². The molecule has 0 bridgehead atoms. The number of hydrogen-bond donors (Lipinski definition) is 2. The molecule has 0 heterocycles. The zero-order valence-corrected chi connectivity index (χ0v) is 18.3. The molecule has 1 aromatic rings. The zero-order chi connectivity index (χ0) is 21.7. The number of hydrogen-bond acceptors (Lipinski definition) is 4. The van der Waals surface area contributed by atoms with E-state index in [-0.39, 0.29) is 11.3 Å². The smallest absolute Gasteiger partial charge is 0.341 e. The van der Waals surface area contributed by atoms with Gasteiger partial charge in [0.1, 0.15) is 11.3 Å². The number of esters is 1. The van der Waals surface area contributed by atoms with E-state index in [1.807, 2.05) is 0 Å². The van der Waals surface area contributed by atoms with Crippen molar-refractivity contribution in [3.63, 3.8) is 0 Å². The third-order valence-electron chi connectivity index (χ3n) is 4.80. The number of carboxylic acid groups (broad SMARTS) is 1. The van der Waals surface area contributed by atoms with Crippen LogP contribution in [0.5, 0.6) is 5.75 Å². The van der Waals surface area contributed by atoms with Crippen LogP contribution in [-0.4, -0.2) is 29.3 Å². The van der Waals surface area contributed by atoms with Crippen molar-refractivity contribution in [3.05, 3.63) is 29.8 Å². The number of aromatic hydroxyl groups is 1. The lowest BCUT2D eigenvalue weighted by Crippen LogP contribution is -2.00. The summed E-state index contributed by atoms with van der Waals surface area (Å²) in [4.78, 5) is 21.2. The van der Waals surface area contributed by atoms with Crippen molar-refractivity contribution in [2.24, 2.45) is 0 Å². The van der Waals surface area contributed by atoms with Crippen molar-refractivity contribution in [1.29, 1.82) is 0 Å². The topological polar surface area (TPSA) is 83.8 Å². The molecular weight excluding hydrogens is 368 g/mol. The van der Waals surface area contributed by atoms with Gasteiger partial charge in [0.25, 0.3) is 0 Å². The Morgan fingerprint density at radius 2 is 1.24 bits per heavy atom. The number of para-hydroxylation sites is 1. The molecule has 0 aliphatic carbocycles. The first kappa shape index (κ1) is 27.0. The van der Waals surface area contributed by atoms with E-state index in [0.717, 1.165) is 12.8 Å². The Hall–Kier alpha value is -2.04. The average molecular weight is 409 g/mol. The van der Waals surface area contributed by atoms with Gasteiger partial charge in [-0.15, -0.1) is 0 Å². The van der Waals surface area contributed by atoms with Crippen molar-refractivity contribution in [2.45, 2.75) is 96.8 Å². The summed E-state index contributed by atoms with van der Waals surface area (Å²) in [7, 11) is 1.27. The van der Waals surface area contributed by atoms with Gasteiger partial charge in [-0.25, -0.2) is 4.79 Å². The molecule has 5 nitrogen and oxygen atoms in total. The third kappa shape index (κ3) is 16.6. The Kier molecular flexibility index (Phi) is 17.9. The molecule has 1 aromatic carbocycles. The number of rotatable bonds is 15. The molecule has 0 fully saturated rings. The Balaban J connectivity index is 0.000000604. The number of ether oxygens (including phenoxy) is 1. The molecular formula is C24H40O5. The molecule has 0 spiro atoms. The standard InChI is InChI=1S/C16H32O2.C8H8O3/c1-2-3-4-5-6-7-8-9-10-11-12-13-14-15-16(17)18;1-11-8(10)6-4-2-3-5-7(6)9/h2-15H2,1H3,(H,17,18);2-5,9H,1H3. The summed E-state index contributed by atoms with van der Waals surface area (Å²) in [6.45, 7) is 2.26. The minimum Gasteiger partial charge on any atom is -0.507 e. The molecule has 0 aromatic heterocycles. The van der Waals surface area contributed by atoms with E-state index < -0.39 is 11.9 Å². The molecule has 2 N–H and O–H groups in total. The molecule has 1 rings (SSSR count). The maximum Gasteiger partial charge on any atom is 0.341 e. The zero-order valence-electron chi connectivity index (χ0n) is 18.3. The third-order valence-corrected chi connectivity index (χ3v) is 4.80. The van der Waals surface area contributed by atoms with Crippen LogP contribution in [0.25, 0.3) is 0 Å². The van der Waals surface area contributed by atoms with Crippen LogP contribution >= 0.6 is 0 Å². The predicted molar refractivity (Wildman–Crippen MR) is 117 cm³/mol. The van der Waals surface area contributed by atoms with Crippen LogP contribution in [-0.2, 0) is 9.53 Å². The van der Waals surface area contributed by atoms with Gasteiger partial charge in [0, 0.05) is 6.42 Å². The fraction of sp³-hybridized carbons (Fsp3) is 0.667. The van der Waals surface area contributed by atoms with Crippen LogP contribution in [0.3, 0.4) is 0 Å². The molecule has 166 valence electrons. The maximum absolute atomic E-state index is 10.9. The first-order valence-electron chi connectivity index (χ1n) is 11.1. The molecule has 0 saturated heterocycles. The van der Waals surface area contributed by atoms with Crippen molar-refractivity contribution >= 4 is 11.9 Å². The Morgan fingerprint density at radius 3 is 1.66 bits per heavy atom. The monoisotopic (exact) mass is 408 g/mol. The van der Waals surface area contributed by atoms with Crippen LogP contribution in [0, 0.1) is 0 Å². The lowest BCUT2D eigenvalue weighted by molar-refractivity contribution is -0.137. The Morgan fingerprint density at radius 1 is 0.793 bits per heavy atom. The maximum atomic E-state index is 10.9. The minimum atomic E-state index is -0.655. The van der Waals surface area contributed by atoms with Gasteiger partial charge in [0.15, 0.2) is 0 Å². The highest BCUT2D eigenvalue weighted by Gasteiger charge is 2.08. The normalized spacial score (nSPS) is 10.1. The van der Waals surface area contributed by atoms with Gasteiger partial charge < -0.3 is 14.9 Å². The molecule has 29 heavy (non-hydrogen) atoms. The molecule has 5 heteroatoms. The fourth-order valence-corrected chi connectivity index (χ4v) is 3.05. The summed E-state index contributed by atoms with van der Waals surface area (Å²) in [6, 6.07) is 6.24. The number of unbranched alkanes of at least 4 members (excludes halogenated alkanes) is 12. The largest absolute Gasteiger partial charge is 0.507 e. The summed E-state index contributed by atoms with van der Waals surface area (Å²) < 4.78 is 4.42.